The van der Waals surface area contributed by atoms with Gasteiger partial charge in [-0.2, -0.15) is 0 Å². The molecule has 0 aliphatic carbocycles. The predicted molar refractivity (Wildman–Crippen MR) is 93.6 cm³/mol. The molecule has 1 fully saturated rings. The topological polar surface area (TPSA) is 62.3 Å². The number of likely N-dealkylation sites (tertiary alicyclic amines) is 1. The van der Waals surface area contributed by atoms with Crippen LogP contribution in [0, 0.1) is 0 Å². The van der Waals surface area contributed by atoms with E-state index in [4.69, 9.17) is 11.6 Å². The maximum Gasteiger partial charge on any atom is 0.253 e. The van der Waals surface area contributed by atoms with Gasteiger partial charge in [0.1, 0.15) is 5.82 Å². The zero-order valence-corrected chi connectivity index (χ0v) is 13.9. The number of hydrogen-bond donors (Lipinski definition) is 1. The van der Waals surface area contributed by atoms with Crippen molar-refractivity contribution in [3.8, 4) is 0 Å². The van der Waals surface area contributed by atoms with Crippen molar-refractivity contribution in [2.45, 2.75) is 18.9 Å². The van der Waals surface area contributed by atoms with Crippen LogP contribution in [0.4, 0.5) is 5.82 Å². The molecule has 1 N–H and O–H groups in total. The third-order valence-electron chi connectivity index (χ3n) is 4.18. The molecule has 0 bridgehead atoms. The number of aldehydes is 1. The zero-order valence-electron chi connectivity index (χ0n) is 13.1. The van der Waals surface area contributed by atoms with Crippen molar-refractivity contribution in [3.63, 3.8) is 0 Å². The number of carbonyl (C=O) groups is 2. The SMILES string of the molecule is O=Cc1cccnc1NC1CCN(C(=O)c2ccc(Cl)cc2)CC1. The van der Waals surface area contributed by atoms with Gasteiger partial charge >= 0.3 is 0 Å². The first-order valence-corrected chi connectivity index (χ1v) is 8.27. The summed E-state index contributed by atoms with van der Waals surface area (Å²) >= 11 is 5.86. The van der Waals surface area contributed by atoms with E-state index < -0.39 is 0 Å². The molecule has 1 aromatic carbocycles. The average Bonchev–Trinajstić information content (AvgIpc) is 2.63. The third-order valence-corrected chi connectivity index (χ3v) is 4.43. The fourth-order valence-corrected chi connectivity index (χ4v) is 2.95. The van der Waals surface area contributed by atoms with Gasteiger partial charge in [0.2, 0.25) is 0 Å². The van der Waals surface area contributed by atoms with E-state index in [1.165, 1.54) is 0 Å². The fourth-order valence-electron chi connectivity index (χ4n) is 2.83. The number of aromatic nitrogens is 1. The second kappa shape index (κ2) is 7.45. The van der Waals surface area contributed by atoms with Gasteiger partial charge in [0.15, 0.2) is 6.29 Å². The highest BCUT2D eigenvalue weighted by atomic mass is 35.5. The zero-order chi connectivity index (χ0) is 16.9. The summed E-state index contributed by atoms with van der Waals surface area (Å²) in [6.07, 6.45) is 4.09. The van der Waals surface area contributed by atoms with Crippen molar-refractivity contribution in [2.24, 2.45) is 0 Å². The van der Waals surface area contributed by atoms with Gasteiger partial charge in [-0.1, -0.05) is 11.6 Å². The second-order valence-electron chi connectivity index (χ2n) is 5.78. The lowest BCUT2D eigenvalue weighted by Gasteiger charge is -2.33. The fraction of sp³-hybridized carbons (Fsp3) is 0.278. The molecule has 1 aliphatic heterocycles. The van der Waals surface area contributed by atoms with Gasteiger partial charge in [-0.05, 0) is 49.2 Å². The van der Waals surface area contributed by atoms with E-state index in [-0.39, 0.29) is 11.9 Å². The minimum Gasteiger partial charge on any atom is -0.367 e. The van der Waals surface area contributed by atoms with Crippen LogP contribution >= 0.6 is 11.6 Å². The van der Waals surface area contributed by atoms with Crippen LogP contribution in [0.15, 0.2) is 42.6 Å². The van der Waals surface area contributed by atoms with Crippen LogP contribution in [-0.2, 0) is 0 Å². The van der Waals surface area contributed by atoms with Gasteiger partial charge in [0, 0.05) is 35.9 Å². The van der Waals surface area contributed by atoms with Gasteiger partial charge in [-0.25, -0.2) is 4.98 Å². The lowest BCUT2D eigenvalue weighted by Crippen LogP contribution is -2.42. The molecule has 0 atom stereocenters. The Morgan fingerprint density at radius 2 is 1.92 bits per heavy atom. The number of anilines is 1. The number of rotatable bonds is 4. The summed E-state index contributed by atoms with van der Waals surface area (Å²) in [5.41, 5.74) is 1.20. The van der Waals surface area contributed by atoms with E-state index in [0.717, 1.165) is 19.1 Å². The largest absolute Gasteiger partial charge is 0.367 e. The van der Waals surface area contributed by atoms with Crippen LogP contribution in [-0.4, -0.2) is 41.2 Å². The number of hydrogen-bond acceptors (Lipinski definition) is 4. The molecule has 1 aromatic heterocycles. The van der Waals surface area contributed by atoms with Crippen molar-refractivity contribution < 1.29 is 9.59 Å². The van der Waals surface area contributed by atoms with Crippen molar-refractivity contribution in [1.29, 1.82) is 0 Å². The molecule has 5 nitrogen and oxygen atoms in total. The number of amides is 1. The molecule has 0 spiro atoms. The average molecular weight is 344 g/mol. The molecule has 2 heterocycles. The van der Waals surface area contributed by atoms with Gasteiger partial charge in [0.05, 0.1) is 5.56 Å². The lowest BCUT2D eigenvalue weighted by atomic mass is 10.0. The number of carbonyl (C=O) groups excluding carboxylic acids is 2. The Morgan fingerprint density at radius 1 is 1.21 bits per heavy atom. The molecule has 1 saturated heterocycles. The highest BCUT2D eigenvalue weighted by Gasteiger charge is 2.24. The van der Waals surface area contributed by atoms with Crippen molar-refractivity contribution in [3.05, 3.63) is 58.7 Å². The van der Waals surface area contributed by atoms with Gasteiger partial charge in [-0.3, -0.25) is 9.59 Å². The summed E-state index contributed by atoms with van der Waals surface area (Å²) < 4.78 is 0. The Labute approximate surface area is 145 Å². The third kappa shape index (κ3) is 3.74. The number of piperidine rings is 1. The van der Waals surface area contributed by atoms with E-state index in [2.05, 4.69) is 10.3 Å². The number of nitrogens with zero attached hydrogens (tertiary/aromatic N) is 2. The van der Waals surface area contributed by atoms with E-state index in [1.54, 1.807) is 42.6 Å². The van der Waals surface area contributed by atoms with Crippen LogP contribution in [0.1, 0.15) is 33.6 Å². The van der Waals surface area contributed by atoms with E-state index >= 15 is 0 Å². The maximum atomic E-state index is 12.5. The first-order chi connectivity index (χ1) is 11.7. The van der Waals surface area contributed by atoms with Gasteiger partial charge < -0.3 is 10.2 Å². The normalized spacial score (nSPS) is 15.1. The Hall–Kier alpha value is -2.40. The minimum absolute atomic E-state index is 0.0246. The molecule has 1 amide bonds. The molecular formula is C18H18ClN3O2. The van der Waals surface area contributed by atoms with Crippen LogP contribution < -0.4 is 5.32 Å². The van der Waals surface area contributed by atoms with Crippen LogP contribution in [0.2, 0.25) is 5.02 Å². The van der Waals surface area contributed by atoms with E-state index in [1.807, 2.05) is 4.90 Å². The summed E-state index contributed by atoms with van der Waals surface area (Å²) in [5.74, 6) is 0.631. The molecule has 3 rings (SSSR count). The Bertz CT molecular complexity index is 725. The van der Waals surface area contributed by atoms with Gasteiger partial charge in [0.25, 0.3) is 5.91 Å². The number of benzene rings is 1. The molecule has 6 heteroatoms. The first-order valence-electron chi connectivity index (χ1n) is 7.89. The molecule has 24 heavy (non-hydrogen) atoms. The van der Waals surface area contributed by atoms with E-state index in [9.17, 15) is 9.59 Å². The Balaban J connectivity index is 1.58. The summed E-state index contributed by atoms with van der Waals surface area (Å²) in [4.78, 5) is 29.6. The monoisotopic (exact) mass is 343 g/mol. The lowest BCUT2D eigenvalue weighted by molar-refractivity contribution is 0.0718. The van der Waals surface area contributed by atoms with Crippen LogP contribution in [0.25, 0.3) is 0 Å². The molecule has 1 aliphatic rings. The molecule has 0 saturated carbocycles. The predicted octanol–water partition coefficient (Wildman–Crippen LogP) is 3.26. The van der Waals surface area contributed by atoms with Crippen LogP contribution in [0.3, 0.4) is 0 Å². The summed E-state index contributed by atoms with van der Waals surface area (Å²) in [5, 5.41) is 3.93. The Morgan fingerprint density at radius 3 is 2.58 bits per heavy atom. The van der Waals surface area contributed by atoms with Gasteiger partial charge in [-0.15, -0.1) is 0 Å². The minimum atomic E-state index is 0.0246. The van der Waals surface area contributed by atoms with Crippen molar-refractivity contribution in [1.82, 2.24) is 9.88 Å². The standard InChI is InChI=1S/C18H18ClN3O2/c19-15-5-3-13(4-6-15)18(24)22-10-7-16(8-11-22)21-17-14(12-23)2-1-9-20-17/h1-6,9,12,16H,7-8,10-11H2,(H,20,21). The quantitative estimate of drug-likeness (QED) is 0.865. The molecule has 0 unspecified atom stereocenters. The molecule has 2 aromatic rings. The number of halogens is 1. The number of pyridine rings is 1. The summed E-state index contributed by atoms with van der Waals surface area (Å²) in [6.45, 7) is 1.34. The molecule has 124 valence electrons. The van der Waals surface area contributed by atoms with Crippen molar-refractivity contribution in [2.75, 3.05) is 18.4 Å². The first kappa shape index (κ1) is 16.5. The smallest absolute Gasteiger partial charge is 0.253 e. The molecule has 0 radical (unpaired) electrons. The molecular weight excluding hydrogens is 326 g/mol. The highest BCUT2D eigenvalue weighted by Crippen LogP contribution is 2.19. The second-order valence-corrected chi connectivity index (χ2v) is 6.21. The summed E-state index contributed by atoms with van der Waals surface area (Å²) in [7, 11) is 0. The van der Waals surface area contributed by atoms with E-state index in [0.29, 0.717) is 35.1 Å². The van der Waals surface area contributed by atoms with Crippen molar-refractivity contribution >= 4 is 29.6 Å². The highest BCUT2D eigenvalue weighted by molar-refractivity contribution is 6.30. The number of nitrogens with one attached hydrogen (secondary N) is 1. The Kier molecular flexibility index (Phi) is 5.11. The van der Waals surface area contributed by atoms with Crippen LogP contribution in [0.5, 0.6) is 0 Å². The summed E-state index contributed by atoms with van der Waals surface area (Å²) in [6, 6.07) is 10.6. The maximum absolute atomic E-state index is 12.5.